The molecule has 0 fully saturated rings. The van der Waals surface area contributed by atoms with Crippen molar-refractivity contribution in [3.63, 3.8) is 0 Å². The Morgan fingerprint density at radius 1 is 0.696 bits per heavy atom. The van der Waals surface area contributed by atoms with Crippen molar-refractivity contribution in [1.29, 1.82) is 0 Å². The highest BCUT2D eigenvalue weighted by Gasteiger charge is 2.37. The molecule has 0 saturated heterocycles. The van der Waals surface area contributed by atoms with E-state index in [1.165, 1.54) is 33.6 Å². The summed E-state index contributed by atoms with van der Waals surface area (Å²) < 4.78 is 15.0. The molecule has 6 rings (SSSR count). The van der Waals surface area contributed by atoms with Crippen LogP contribution in [0, 0.1) is 55.4 Å². The van der Waals surface area contributed by atoms with Crippen molar-refractivity contribution in [2.75, 3.05) is 36.0 Å². The number of hydrogen-bond acceptors (Lipinski definition) is 5. The van der Waals surface area contributed by atoms with Gasteiger partial charge in [0.1, 0.15) is 48.9 Å². The largest absolute Gasteiger partial charge is 1.00 e. The second kappa shape index (κ2) is 24.0. The molecule has 0 aromatic heterocycles. The number of benzene rings is 4. The third-order valence-electron chi connectivity index (χ3n) is 9.04. The SMILES string of the molecule is C.Cc1cc(Br)cc(C)c1N1C=[N+](c2c(C)cc(Br)cc2C)CC1.Cc1cc(Br)cc(C)c1N1CC[N+](c2c(C)cc(Br)cc2C)=C1C(=O)[O-].SI.[2H]CCC.[Cl-]. The van der Waals surface area contributed by atoms with Crippen LogP contribution in [0.1, 0.15) is 73.5 Å². The van der Waals surface area contributed by atoms with Gasteiger partial charge >= 0.3 is 5.84 Å². The lowest BCUT2D eigenvalue weighted by Gasteiger charge is -2.19. The van der Waals surface area contributed by atoms with E-state index in [-0.39, 0.29) is 25.7 Å². The number of carbonyl (C=O) groups excluding carboxylic acids is 1. The number of anilines is 2. The summed E-state index contributed by atoms with van der Waals surface area (Å²) in [5, 5.41) is 12.1. The fourth-order valence-corrected chi connectivity index (χ4v) is 10.2. The van der Waals surface area contributed by atoms with E-state index in [4.69, 9.17) is 1.37 Å². The van der Waals surface area contributed by atoms with Crippen LogP contribution in [0.15, 0.2) is 66.4 Å². The Bertz CT molecular complexity index is 2020. The van der Waals surface area contributed by atoms with Gasteiger partial charge in [0.15, 0.2) is 5.97 Å². The minimum Gasteiger partial charge on any atom is -1.00 e. The smallest absolute Gasteiger partial charge is 0.305 e. The van der Waals surface area contributed by atoms with Gasteiger partial charge in [-0.1, -0.05) is 91.4 Å². The van der Waals surface area contributed by atoms with Crippen molar-refractivity contribution in [2.24, 2.45) is 0 Å². The zero-order chi connectivity index (χ0) is 41.3. The topological polar surface area (TPSA) is 52.6 Å². The Kier molecular flexibility index (Phi) is 21.7. The van der Waals surface area contributed by atoms with Gasteiger partial charge in [-0.2, -0.15) is 0 Å². The van der Waals surface area contributed by atoms with Crippen molar-refractivity contribution in [2.45, 2.75) is 83.1 Å². The summed E-state index contributed by atoms with van der Waals surface area (Å²) in [4.78, 5) is 16.3. The summed E-state index contributed by atoms with van der Waals surface area (Å²) in [5.41, 5.74) is 13.8. The lowest BCUT2D eigenvalue weighted by atomic mass is 10.1. The van der Waals surface area contributed by atoms with Crippen LogP contribution in [0.4, 0.5) is 22.7 Å². The van der Waals surface area contributed by atoms with E-state index in [2.05, 4.69) is 141 Å². The van der Waals surface area contributed by atoms with Gasteiger partial charge < -0.3 is 22.3 Å². The number of aliphatic carboxylic acids is 1. The van der Waals surface area contributed by atoms with Gasteiger partial charge in [0.05, 0.1) is 0 Å². The minimum atomic E-state index is -1.16. The molecule has 2 aliphatic rings. The summed E-state index contributed by atoms with van der Waals surface area (Å²) >= 11 is 16.0. The Morgan fingerprint density at radius 3 is 1.43 bits per heavy atom. The fourth-order valence-electron chi connectivity index (χ4n) is 7.42. The number of carbonyl (C=O) groups is 1. The van der Waals surface area contributed by atoms with Gasteiger partial charge in [0, 0.05) is 19.3 Å². The van der Waals surface area contributed by atoms with Gasteiger partial charge in [0.25, 0.3) is 0 Å². The third-order valence-corrected chi connectivity index (χ3v) is 10.9. The molecular formula is C43H54Br4ClIN4O2S. The lowest BCUT2D eigenvalue weighted by Crippen LogP contribution is -3.00. The fraction of sp³-hybridized carbons (Fsp3) is 0.372. The van der Waals surface area contributed by atoms with Crippen molar-refractivity contribution >= 4 is 136 Å². The molecule has 2 aliphatic heterocycles. The van der Waals surface area contributed by atoms with Crippen molar-refractivity contribution in [3.05, 3.63) is 111 Å². The first kappa shape index (κ1) is 50.7. The first-order chi connectivity index (χ1) is 26.0. The average Bonchev–Trinajstić information content (AvgIpc) is 3.72. The molecular weight excluding hydrogens is 1120 g/mol. The monoisotopic (exact) mass is 1170 g/mol. The number of rotatable bonds is 5. The summed E-state index contributed by atoms with van der Waals surface area (Å²) in [5.74, 6) is -0.960. The van der Waals surface area contributed by atoms with Crippen molar-refractivity contribution in [1.82, 2.24) is 0 Å². The maximum absolute atomic E-state index is 12.1. The molecule has 0 atom stereocenters. The van der Waals surface area contributed by atoms with Gasteiger partial charge in [-0.25, -0.2) is 19.0 Å². The second-order valence-corrected chi connectivity index (χ2v) is 17.1. The number of carboxylic acid groups (broad SMARTS) is 1. The number of aryl methyl sites for hydroxylation is 8. The normalized spacial score (nSPS) is 13.2. The van der Waals surface area contributed by atoms with E-state index in [1.54, 1.807) is 0 Å². The molecule has 2 heterocycles. The average molecular weight is 1170 g/mol. The predicted octanol–water partition coefficient (Wildman–Crippen LogP) is 9.72. The first-order valence-corrected chi connectivity index (χ1v) is 23.9. The summed E-state index contributed by atoms with van der Waals surface area (Å²) in [6, 6.07) is 16.8. The molecule has 13 heteroatoms. The number of thiol groups is 1. The molecule has 0 saturated carbocycles. The molecule has 0 unspecified atom stereocenters. The van der Waals surface area contributed by atoms with Crippen LogP contribution in [0.25, 0.3) is 0 Å². The summed E-state index contributed by atoms with van der Waals surface area (Å²) in [7, 11) is 3.50. The second-order valence-electron chi connectivity index (χ2n) is 13.5. The van der Waals surface area contributed by atoms with Crippen LogP contribution in [-0.4, -0.2) is 53.5 Å². The molecule has 0 N–H and O–H groups in total. The Hall–Kier alpha value is -1.42. The van der Waals surface area contributed by atoms with Gasteiger partial charge in [-0.15, -0.1) is 9.80 Å². The highest BCUT2D eigenvalue weighted by Crippen LogP contribution is 2.35. The summed E-state index contributed by atoms with van der Waals surface area (Å²) in [6.07, 6.45) is 3.24. The van der Waals surface area contributed by atoms with E-state index < -0.39 is 5.97 Å². The predicted molar refractivity (Wildman–Crippen MR) is 261 cm³/mol. The third kappa shape index (κ3) is 12.8. The highest BCUT2D eigenvalue weighted by atomic mass is 127. The lowest BCUT2D eigenvalue weighted by molar-refractivity contribution is -0.433. The zero-order valence-corrected chi connectivity index (χ0v) is 42.9. The van der Waals surface area contributed by atoms with Gasteiger partial charge in [-0.3, -0.25) is 0 Å². The van der Waals surface area contributed by atoms with E-state index in [9.17, 15) is 9.90 Å². The van der Waals surface area contributed by atoms with E-state index >= 15 is 0 Å². The zero-order valence-electron chi connectivity index (χ0n) is 33.8. The van der Waals surface area contributed by atoms with E-state index in [0.29, 0.717) is 20.0 Å². The minimum absolute atomic E-state index is 0. The summed E-state index contributed by atoms with van der Waals surface area (Å²) in [6.45, 7) is 22.5. The van der Waals surface area contributed by atoms with Gasteiger partial charge in [-0.05, 0) is 170 Å². The molecule has 306 valence electrons. The highest BCUT2D eigenvalue weighted by molar-refractivity contribution is 14.2. The maximum Gasteiger partial charge on any atom is 0.305 e. The van der Waals surface area contributed by atoms with Crippen molar-refractivity contribution in [3.8, 4) is 0 Å². The van der Waals surface area contributed by atoms with E-state index in [1.807, 2.05) is 89.6 Å². The molecule has 0 bridgehead atoms. The van der Waals surface area contributed by atoms with Crippen LogP contribution in [0.2, 0.25) is 0 Å². The molecule has 0 radical (unpaired) electrons. The Morgan fingerprint density at radius 2 is 1.05 bits per heavy atom. The van der Waals surface area contributed by atoms with Crippen LogP contribution in [0.5, 0.6) is 0 Å². The molecule has 4 aromatic carbocycles. The number of amidine groups is 1. The number of hydrogen-bond donors (Lipinski definition) is 1. The van der Waals surface area contributed by atoms with Crippen LogP contribution < -0.4 is 27.3 Å². The van der Waals surface area contributed by atoms with Crippen LogP contribution >= 0.6 is 94.7 Å². The molecule has 4 aromatic rings. The standard InChI is InChI=1S/C20H20Br2N2O2.C19H21Br2N2.C3H8.CH4.ClH.HIS/c1-11-7-15(21)8-12(2)17(11)23-5-6-24(19(23)20(25)26)18-13(3)9-16(22)10-14(18)4;1-12-7-16(20)8-13(2)18(12)22-5-6-23(11-22)19-14(3)9-17(21)10-15(19)4;1-3-2;;;1-2/h7-10H,5-6H2,1-4H3;7-11H,5-6H2,1-4H3;3H2,1-2H3;1H4;1H;2H/q;+1;;;;/p-1/i;;1D;;;. The molecule has 56 heavy (non-hydrogen) atoms. The maximum atomic E-state index is 12.1. The van der Waals surface area contributed by atoms with Crippen LogP contribution in [-0.2, 0) is 4.79 Å². The molecule has 0 spiro atoms. The van der Waals surface area contributed by atoms with E-state index in [0.717, 1.165) is 71.0 Å². The van der Waals surface area contributed by atoms with Gasteiger partial charge in [0.2, 0.25) is 6.34 Å². The van der Waals surface area contributed by atoms with Crippen molar-refractivity contribution < 1.29 is 32.8 Å². The van der Waals surface area contributed by atoms with Crippen LogP contribution in [0.3, 0.4) is 0 Å². The first-order valence-electron chi connectivity index (χ1n) is 18.2. The molecule has 6 nitrogen and oxygen atoms in total. The number of halogens is 6. The quantitative estimate of drug-likeness (QED) is 0.123. The molecule has 0 aliphatic carbocycles. The Labute approximate surface area is 394 Å². The Balaban J connectivity index is 0.000000488. The number of carboxylic acids is 1. The molecule has 0 amide bonds. The number of nitrogens with zero attached hydrogens (tertiary/aromatic N) is 4.